The first-order valence-electron chi connectivity index (χ1n) is 8.16. The average Bonchev–Trinajstić information content (AvgIpc) is 2.94. The van der Waals surface area contributed by atoms with Gasteiger partial charge in [-0.2, -0.15) is 0 Å². The van der Waals surface area contributed by atoms with Crippen LogP contribution >= 0.6 is 11.8 Å². The Morgan fingerprint density at radius 3 is 2.52 bits per heavy atom. The number of aryl methyl sites for hydroxylation is 1. The third-order valence-electron chi connectivity index (χ3n) is 4.28. The number of aromatic nitrogens is 1. The normalized spacial score (nSPS) is 23.0. The van der Waals surface area contributed by atoms with Crippen molar-refractivity contribution in [3.8, 4) is 0 Å². The van der Waals surface area contributed by atoms with E-state index >= 15 is 0 Å². The standard InChI is InChI=1S/C16H23N3O5S/c1-10-3-5-16(6-4-10,15(22)23)18-14(21)9-25-8-13(20)17-12-7-11(2)24-19-12/h7,10H,3-6,8-9H2,1-2H3,(H,18,21)(H,22,23)(H,17,19,20). The van der Waals surface area contributed by atoms with Gasteiger partial charge in [-0.05, 0) is 38.5 Å². The van der Waals surface area contributed by atoms with Gasteiger partial charge in [0.1, 0.15) is 11.3 Å². The van der Waals surface area contributed by atoms with Crippen molar-refractivity contribution in [1.29, 1.82) is 0 Å². The number of amides is 2. The zero-order valence-corrected chi connectivity index (χ0v) is 15.1. The second kappa shape index (κ2) is 8.37. The first-order chi connectivity index (χ1) is 11.8. The molecule has 1 aliphatic rings. The van der Waals surface area contributed by atoms with Crippen LogP contribution in [0.3, 0.4) is 0 Å². The summed E-state index contributed by atoms with van der Waals surface area (Å²) in [4.78, 5) is 35.5. The van der Waals surface area contributed by atoms with E-state index in [2.05, 4.69) is 22.7 Å². The molecule has 0 saturated heterocycles. The molecule has 1 aliphatic carbocycles. The Morgan fingerprint density at radius 1 is 1.32 bits per heavy atom. The van der Waals surface area contributed by atoms with E-state index in [-0.39, 0.29) is 23.3 Å². The molecule has 0 spiro atoms. The summed E-state index contributed by atoms with van der Waals surface area (Å²) in [5.74, 6) is -0.180. The molecule has 1 heterocycles. The van der Waals surface area contributed by atoms with E-state index in [1.807, 2.05) is 0 Å². The van der Waals surface area contributed by atoms with Gasteiger partial charge in [-0.3, -0.25) is 9.59 Å². The Labute approximate surface area is 150 Å². The molecule has 3 N–H and O–H groups in total. The quantitative estimate of drug-likeness (QED) is 0.670. The van der Waals surface area contributed by atoms with Crippen LogP contribution in [0.1, 0.15) is 38.4 Å². The number of hydrogen-bond acceptors (Lipinski definition) is 6. The van der Waals surface area contributed by atoms with E-state index < -0.39 is 11.5 Å². The summed E-state index contributed by atoms with van der Waals surface area (Å²) in [7, 11) is 0. The highest BCUT2D eigenvalue weighted by Crippen LogP contribution is 2.32. The molecule has 0 aromatic carbocycles. The van der Waals surface area contributed by atoms with Crippen molar-refractivity contribution in [3.05, 3.63) is 11.8 Å². The van der Waals surface area contributed by atoms with E-state index in [1.165, 1.54) is 0 Å². The van der Waals surface area contributed by atoms with Crippen LogP contribution in [0.15, 0.2) is 10.6 Å². The Kier molecular flexibility index (Phi) is 6.46. The van der Waals surface area contributed by atoms with Crippen LogP contribution < -0.4 is 10.6 Å². The number of hydrogen-bond donors (Lipinski definition) is 3. The molecular weight excluding hydrogens is 346 g/mol. The predicted octanol–water partition coefficient (Wildman–Crippen LogP) is 1.80. The molecule has 8 nitrogen and oxygen atoms in total. The van der Waals surface area contributed by atoms with Crippen molar-refractivity contribution in [3.63, 3.8) is 0 Å². The maximum Gasteiger partial charge on any atom is 0.329 e. The molecule has 9 heteroatoms. The van der Waals surface area contributed by atoms with Gasteiger partial charge in [0.15, 0.2) is 5.82 Å². The summed E-state index contributed by atoms with van der Waals surface area (Å²) >= 11 is 1.12. The second-order valence-electron chi connectivity index (χ2n) is 6.48. The lowest BCUT2D eigenvalue weighted by atomic mass is 9.77. The van der Waals surface area contributed by atoms with E-state index in [9.17, 15) is 19.5 Å². The molecule has 2 rings (SSSR count). The summed E-state index contributed by atoms with van der Waals surface area (Å²) < 4.78 is 4.84. The molecule has 2 amide bonds. The molecule has 0 unspecified atom stereocenters. The van der Waals surface area contributed by atoms with Gasteiger partial charge in [-0.15, -0.1) is 11.8 Å². The second-order valence-corrected chi connectivity index (χ2v) is 7.47. The summed E-state index contributed by atoms with van der Waals surface area (Å²) in [6, 6.07) is 1.59. The number of nitrogens with zero attached hydrogens (tertiary/aromatic N) is 1. The average molecular weight is 369 g/mol. The van der Waals surface area contributed by atoms with Gasteiger partial charge < -0.3 is 20.3 Å². The summed E-state index contributed by atoms with van der Waals surface area (Å²) in [5.41, 5.74) is -1.18. The first-order valence-corrected chi connectivity index (χ1v) is 9.31. The molecule has 0 aliphatic heterocycles. The lowest BCUT2D eigenvalue weighted by molar-refractivity contribution is -0.149. The minimum absolute atomic E-state index is 0.0237. The topological polar surface area (TPSA) is 122 Å². The third-order valence-corrected chi connectivity index (χ3v) is 5.21. The monoisotopic (exact) mass is 369 g/mol. The number of carboxylic acid groups (broad SMARTS) is 1. The van der Waals surface area contributed by atoms with Gasteiger partial charge in [-0.1, -0.05) is 12.1 Å². The SMILES string of the molecule is Cc1cc(NC(=O)CSCC(=O)NC2(C(=O)O)CCC(C)CC2)no1. The highest BCUT2D eigenvalue weighted by Gasteiger charge is 2.42. The molecule has 1 saturated carbocycles. The highest BCUT2D eigenvalue weighted by molar-refractivity contribution is 8.00. The van der Waals surface area contributed by atoms with Crippen molar-refractivity contribution in [2.45, 2.75) is 45.1 Å². The van der Waals surface area contributed by atoms with Crippen LogP contribution in [-0.4, -0.2) is 45.1 Å². The van der Waals surface area contributed by atoms with E-state index in [1.54, 1.807) is 13.0 Å². The Balaban J connectivity index is 1.75. The van der Waals surface area contributed by atoms with E-state index in [0.717, 1.165) is 24.6 Å². The number of carbonyl (C=O) groups excluding carboxylic acids is 2. The Hall–Kier alpha value is -2.03. The lowest BCUT2D eigenvalue weighted by Gasteiger charge is -2.36. The van der Waals surface area contributed by atoms with E-state index in [4.69, 9.17) is 4.52 Å². The van der Waals surface area contributed by atoms with Crippen LogP contribution in [0.5, 0.6) is 0 Å². The van der Waals surface area contributed by atoms with Gasteiger partial charge in [0.05, 0.1) is 11.5 Å². The zero-order chi connectivity index (χ0) is 18.4. The minimum atomic E-state index is -1.18. The van der Waals surface area contributed by atoms with E-state index in [0.29, 0.717) is 30.3 Å². The number of carboxylic acids is 1. The van der Waals surface area contributed by atoms with Crippen molar-refractivity contribution in [2.24, 2.45) is 5.92 Å². The molecule has 1 aromatic heterocycles. The van der Waals surface area contributed by atoms with Crippen LogP contribution in [0.25, 0.3) is 0 Å². The molecule has 25 heavy (non-hydrogen) atoms. The molecular formula is C16H23N3O5S. The zero-order valence-electron chi connectivity index (χ0n) is 14.3. The van der Waals surface area contributed by atoms with Crippen LogP contribution in [0.2, 0.25) is 0 Å². The maximum absolute atomic E-state index is 12.1. The number of anilines is 1. The fourth-order valence-corrected chi connectivity index (χ4v) is 3.41. The predicted molar refractivity (Wildman–Crippen MR) is 93.3 cm³/mol. The van der Waals surface area contributed by atoms with Crippen molar-refractivity contribution < 1.29 is 24.0 Å². The van der Waals surface area contributed by atoms with Crippen molar-refractivity contribution in [1.82, 2.24) is 10.5 Å². The minimum Gasteiger partial charge on any atom is -0.480 e. The fraction of sp³-hybridized carbons (Fsp3) is 0.625. The highest BCUT2D eigenvalue weighted by atomic mass is 32.2. The fourth-order valence-electron chi connectivity index (χ4n) is 2.79. The first kappa shape index (κ1) is 19.3. The van der Waals surface area contributed by atoms with Crippen LogP contribution in [0.4, 0.5) is 5.82 Å². The van der Waals surface area contributed by atoms with Gasteiger partial charge in [0.2, 0.25) is 11.8 Å². The van der Waals surface area contributed by atoms with Crippen molar-refractivity contribution in [2.75, 3.05) is 16.8 Å². The number of carbonyl (C=O) groups is 3. The van der Waals surface area contributed by atoms with Gasteiger partial charge in [0, 0.05) is 6.07 Å². The molecule has 0 bridgehead atoms. The Morgan fingerprint density at radius 2 is 1.96 bits per heavy atom. The summed E-state index contributed by atoms with van der Waals surface area (Å²) in [6.45, 7) is 3.80. The largest absolute Gasteiger partial charge is 0.480 e. The number of rotatable bonds is 7. The van der Waals surface area contributed by atoms with Crippen molar-refractivity contribution >= 4 is 35.4 Å². The summed E-state index contributed by atoms with van der Waals surface area (Å²) in [6.07, 6.45) is 2.43. The summed E-state index contributed by atoms with van der Waals surface area (Å²) in [5, 5.41) is 18.4. The third kappa shape index (κ3) is 5.48. The van der Waals surface area contributed by atoms with Crippen LogP contribution in [-0.2, 0) is 14.4 Å². The molecule has 138 valence electrons. The number of thioether (sulfide) groups is 1. The molecule has 0 radical (unpaired) electrons. The maximum atomic E-state index is 12.1. The number of nitrogens with one attached hydrogen (secondary N) is 2. The molecule has 1 aromatic rings. The number of aliphatic carboxylic acids is 1. The molecule has 1 fully saturated rings. The van der Waals surface area contributed by atoms with Gasteiger partial charge in [0.25, 0.3) is 0 Å². The molecule has 0 atom stereocenters. The lowest BCUT2D eigenvalue weighted by Crippen LogP contribution is -2.56. The van der Waals surface area contributed by atoms with Gasteiger partial charge >= 0.3 is 5.97 Å². The smallest absolute Gasteiger partial charge is 0.329 e. The van der Waals surface area contributed by atoms with Crippen LogP contribution in [0, 0.1) is 12.8 Å². The Bertz CT molecular complexity index is 637. The van der Waals surface area contributed by atoms with Gasteiger partial charge in [-0.25, -0.2) is 4.79 Å².